The number of ether oxygens (including phenoxy) is 2. The van der Waals surface area contributed by atoms with Crippen LogP contribution in [0.2, 0.25) is 0 Å². The molecule has 9 nitrogen and oxygen atoms in total. The number of imidazole rings is 1. The second-order valence-corrected chi connectivity index (χ2v) is 10.1. The largest absolute Gasteiger partial charge is 0.481 e. The first-order chi connectivity index (χ1) is 19.4. The summed E-state index contributed by atoms with van der Waals surface area (Å²) in [6.07, 6.45) is 0.572. The Morgan fingerprint density at radius 1 is 0.925 bits per heavy atom. The SMILES string of the molecule is C[C@@H]1[C@H](Cn2cnc3ccccc32)O[C@H](c2ccc(CNC(=O)CCC(=O)O)cc2)O[C@@H]1c1ccc(CO)cc1. The van der Waals surface area contributed by atoms with Gasteiger partial charge in [0.1, 0.15) is 0 Å². The number of aliphatic hydroxyl groups excluding tert-OH is 1. The first-order valence-electron chi connectivity index (χ1n) is 13.4. The molecular formula is C31H33N3O6. The van der Waals surface area contributed by atoms with Crippen LogP contribution < -0.4 is 5.32 Å². The van der Waals surface area contributed by atoms with Gasteiger partial charge in [-0.05, 0) is 28.8 Å². The number of carboxylic acid groups (broad SMARTS) is 1. The predicted octanol–water partition coefficient (Wildman–Crippen LogP) is 4.50. The van der Waals surface area contributed by atoms with Crippen molar-refractivity contribution in [3.8, 4) is 0 Å². The molecule has 3 N–H and O–H groups in total. The number of carbonyl (C=O) groups is 2. The van der Waals surface area contributed by atoms with E-state index in [2.05, 4.69) is 21.8 Å². The third kappa shape index (κ3) is 6.39. The van der Waals surface area contributed by atoms with Crippen LogP contribution in [0, 0.1) is 5.92 Å². The molecule has 9 heteroatoms. The number of benzene rings is 3. The number of nitrogens with zero attached hydrogens (tertiary/aromatic N) is 2. The number of hydrogen-bond acceptors (Lipinski definition) is 6. The van der Waals surface area contributed by atoms with E-state index < -0.39 is 12.3 Å². The van der Waals surface area contributed by atoms with Crippen molar-refractivity contribution in [2.24, 2.45) is 5.92 Å². The van der Waals surface area contributed by atoms with Gasteiger partial charge in [-0.2, -0.15) is 0 Å². The molecule has 5 rings (SSSR count). The van der Waals surface area contributed by atoms with Crippen LogP contribution in [-0.2, 0) is 38.8 Å². The number of para-hydroxylation sites is 2. The Bertz CT molecular complexity index is 1450. The number of aliphatic hydroxyl groups is 1. The van der Waals surface area contributed by atoms with Crippen molar-refractivity contribution in [3.05, 3.63) is 101 Å². The molecular weight excluding hydrogens is 510 g/mol. The van der Waals surface area contributed by atoms with Gasteiger partial charge in [0.2, 0.25) is 5.91 Å². The number of carbonyl (C=O) groups excluding carboxylic acids is 1. The Labute approximate surface area is 232 Å². The van der Waals surface area contributed by atoms with Crippen LogP contribution in [-0.4, -0.2) is 37.7 Å². The maximum Gasteiger partial charge on any atom is 0.303 e. The summed E-state index contributed by atoms with van der Waals surface area (Å²) in [5, 5.41) is 21.0. The number of carboxylic acids is 1. The third-order valence-corrected chi connectivity index (χ3v) is 7.33. The zero-order valence-electron chi connectivity index (χ0n) is 22.3. The van der Waals surface area contributed by atoms with Crippen molar-refractivity contribution in [1.82, 2.24) is 14.9 Å². The number of amides is 1. The Morgan fingerprint density at radius 3 is 2.35 bits per heavy atom. The zero-order valence-corrected chi connectivity index (χ0v) is 22.3. The molecule has 0 bridgehead atoms. The number of hydrogen-bond donors (Lipinski definition) is 3. The highest BCUT2D eigenvalue weighted by Crippen LogP contribution is 2.42. The fourth-order valence-corrected chi connectivity index (χ4v) is 4.98. The quantitative estimate of drug-likeness (QED) is 0.269. The summed E-state index contributed by atoms with van der Waals surface area (Å²) in [5.41, 5.74) is 5.56. The molecule has 1 aliphatic rings. The summed E-state index contributed by atoms with van der Waals surface area (Å²) >= 11 is 0. The standard InChI is InChI=1S/C31H33N3O6/c1-20-27(17-34-19-33-25-4-2-3-5-26(25)34)39-31(40-30(20)23-10-8-22(18-35)9-11-23)24-12-6-21(7-13-24)16-32-28(36)14-15-29(37)38/h2-13,19-20,27,30-31,35H,14-18H2,1H3,(H,32,36)(H,37,38)/t20-,27+,30+,31+/m1/s1. The van der Waals surface area contributed by atoms with Crippen molar-refractivity contribution in [2.75, 3.05) is 0 Å². The Morgan fingerprint density at radius 2 is 1.62 bits per heavy atom. The second kappa shape index (κ2) is 12.4. The Balaban J connectivity index is 1.35. The molecule has 0 spiro atoms. The lowest BCUT2D eigenvalue weighted by molar-refractivity contribution is -0.276. The first-order valence-corrected chi connectivity index (χ1v) is 13.4. The highest BCUT2D eigenvalue weighted by atomic mass is 16.7. The third-order valence-electron chi connectivity index (χ3n) is 7.33. The topological polar surface area (TPSA) is 123 Å². The van der Waals surface area contributed by atoms with Gasteiger partial charge in [-0.15, -0.1) is 0 Å². The molecule has 3 aromatic carbocycles. The van der Waals surface area contributed by atoms with Crippen LogP contribution in [0.1, 0.15) is 54.4 Å². The van der Waals surface area contributed by atoms with Gasteiger partial charge >= 0.3 is 5.97 Å². The van der Waals surface area contributed by atoms with E-state index in [-0.39, 0.29) is 43.5 Å². The van der Waals surface area contributed by atoms with E-state index in [0.29, 0.717) is 13.1 Å². The highest BCUT2D eigenvalue weighted by Gasteiger charge is 2.38. The molecule has 1 aliphatic heterocycles. The lowest BCUT2D eigenvalue weighted by atomic mass is 9.90. The van der Waals surface area contributed by atoms with Crippen molar-refractivity contribution in [1.29, 1.82) is 0 Å². The maximum absolute atomic E-state index is 11.9. The highest BCUT2D eigenvalue weighted by molar-refractivity contribution is 5.80. The maximum atomic E-state index is 11.9. The van der Waals surface area contributed by atoms with Gasteiger partial charge in [-0.3, -0.25) is 9.59 Å². The lowest BCUT2D eigenvalue weighted by Gasteiger charge is -2.41. The summed E-state index contributed by atoms with van der Waals surface area (Å²) in [6, 6.07) is 23.5. The molecule has 0 saturated carbocycles. The average Bonchev–Trinajstić information content (AvgIpc) is 3.39. The molecule has 4 aromatic rings. The average molecular weight is 544 g/mol. The van der Waals surface area contributed by atoms with E-state index in [1.807, 2.05) is 79.1 Å². The van der Waals surface area contributed by atoms with Crippen molar-refractivity contribution in [3.63, 3.8) is 0 Å². The molecule has 1 aromatic heterocycles. The van der Waals surface area contributed by atoms with Crippen LogP contribution in [0.15, 0.2) is 79.1 Å². The first kappa shape index (κ1) is 27.5. The van der Waals surface area contributed by atoms with Crippen molar-refractivity contribution < 1.29 is 29.3 Å². The lowest BCUT2D eigenvalue weighted by Crippen LogP contribution is -2.39. The summed E-state index contributed by atoms with van der Waals surface area (Å²) in [7, 11) is 0. The molecule has 0 aliphatic carbocycles. The minimum absolute atomic E-state index is 0.0181. The molecule has 0 radical (unpaired) electrons. The van der Waals surface area contributed by atoms with Gasteiger partial charge in [0.25, 0.3) is 0 Å². The van der Waals surface area contributed by atoms with Crippen molar-refractivity contribution >= 4 is 22.9 Å². The zero-order chi connectivity index (χ0) is 28.1. The van der Waals surface area contributed by atoms with E-state index >= 15 is 0 Å². The fraction of sp³-hybridized carbons (Fsp3) is 0.323. The second-order valence-electron chi connectivity index (χ2n) is 10.1. The monoisotopic (exact) mass is 543 g/mol. The molecule has 4 atom stereocenters. The number of nitrogens with one attached hydrogen (secondary N) is 1. The van der Waals surface area contributed by atoms with Crippen LogP contribution in [0.4, 0.5) is 0 Å². The van der Waals surface area contributed by atoms with E-state index in [1.165, 1.54) is 0 Å². The van der Waals surface area contributed by atoms with Gasteiger partial charge < -0.3 is 29.6 Å². The Hall–Kier alpha value is -4.05. The number of aliphatic carboxylic acids is 1. The van der Waals surface area contributed by atoms with Crippen LogP contribution in [0.25, 0.3) is 11.0 Å². The minimum Gasteiger partial charge on any atom is -0.481 e. The van der Waals surface area contributed by atoms with E-state index in [4.69, 9.17) is 14.6 Å². The predicted molar refractivity (Wildman–Crippen MR) is 148 cm³/mol. The van der Waals surface area contributed by atoms with E-state index in [0.717, 1.165) is 33.3 Å². The van der Waals surface area contributed by atoms with E-state index in [1.54, 1.807) is 0 Å². The minimum atomic E-state index is -0.997. The van der Waals surface area contributed by atoms with Crippen LogP contribution in [0.5, 0.6) is 0 Å². The summed E-state index contributed by atoms with van der Waals surface area (Å²) < 4.78 is 15.2. The summed E-state index contributed by atoms with van der Waals surface area (Å²) in [6.45, 7) is 3.02. The molecule has 2 heterocycles. The van der Waals surface area contributed by atoms with Crippen LogP contribution in [0.3, 0.4) is 0 Å². The molecule has 1 fully saturated rings. The van der Waals surface area contributed by atoms with Gasteiger partial charge in [0, 0.05) is 24.4 Å². The molecule has 0 unspecified atom stereocenters. The molecule has 40 heavy (non-hydrogen) atoms. The van der Waals surface area contributed by atoms with Gasteiger partial charge in [0.05, 0.1) is 49.1 Å². The van der Waals surface area contributed by atoms with Gasteiger partial charge in [-0.1, -0.05) is 67.6 Å². The van der Waals surface area contributed by atoms with Crippen LogP contribution >= 0.6 is 0 Å². The smallest absolute Gasteiger partial charge is 0.303 e. The van der Waals surface area contributed by atoms with Gasteiger partial charge in [-0.25, -0.2) is 4.98 Å². The number of rotatable bonds is 10. The summed E-state index contributed by atoms with van der Waals surface area (Å²) in [5.74, 6) is -1.27. The van der Waals surface area contributed by atoms with Crippen molar-refractivity contribution in [2.45, 2.75) is 58.0 Å². The van der Waals surface area contributed by atoms with E-state index in [9.17, 15) is 14.7 Å². The fourth-order valence-electron chi connectivity index (χ4n) is 4.98. The number of fused-ring (bicyclic) bond motifs is 1. The molecule has 208 valence electrons. The Kier molecular flexibility index (Phi) is 8.54. The summed E-state index contributed by atoms with van der Waals surface area (Å²) in [4.78, 5) is 27.1. The normalized spacial score (nSPS) is 20.9. The molecule has 1 amide bonds. The van der Waals surface area contributed by atoms with Gasteiger partial charge in [0.15, 0.2) is 6.29 Å². The molecule has 1 saturated heterocycles. The number of aromatic nitrogens is 2.